The second-order valence-corrected chi connectivity index (χ2v) is 7.31. The van der Waals surface area contributed by atoms with Crippen molar-refractivity contribution in [1.82, 2.24) is 9.80 Å². The second-order valence-electron chi connectivity index (χ2n) is 7.31. The van der Waals surface area contributed by atoms with Gasteiger partial charge >= 0.3 is 0 Å². The molecule has 3 rings (SSSR count). The third-order valence-corrected chi connectivity index (χ3v) is 5.13. The highest BCUT2D eigenvalue weighted by molar-refractivity contribution is 5.14. The van der Waals surface area contributed by atoms with Crippen LogP contribution in [0.4, 0.5) is 0 Å². The number of hydrogen-bond donors (Lipinski definition) is 0. The van der Waals surface area contributed by atoms with Crippen molar-refractivity contribution in [1.29, 1.82) is 0 Å². The third kappa shape index (κ3) is 3.62. The molecule has 0 aromatic heterocycles. The lowest BCUT2D eigenvalue weighted by Gasteiger charge is -2.22. The Balaban J connectivity index is 1.47. The van der Waals surface area contributed by atoms with E-state index >= 15 is 0 Å². The summed E-state index contributed by atoms with van der Waals surface area (Å²) in [5.74, 6) is 0.947. The Morgan fingerprint density at radius 2 is 1.65 bits per heavy atom. The first-order valence-electron chi connectivity index (χ1n) is 8.12. The van der Waals surface area contributed by atoms with E-state index in [0.29, 0.717) is 5.41 Å². The van der Waals surface area contributed by atoms with Gasteiger partial charge in [0.15, 0.2) is 0 Å². The van der Waals surface area contributed by atoms with E-state index in [1.54, 1.807) is 0 Å². The van der Waals surface area contributed by atoms with Gasteiger partial charge in [0.2, 0.25) is 0 Å². The second kappa shape index (κ2) is 5.87. The van der Waals surface area contributed by atoms with E-state index in [0.717, 1.165) is 12.5 Å². The van der Waals surface area contributed by atoms with Gasteiger partial charge in [-0.3, -0.25) is 4.90 Å². The van der Waals surface area contributed by atoms with E-state index < -0.39 is 0 Å². The Kier molecular flexibility index (Phi) is 4.13. The predicted octanol–water partition coefficient (Wildman–Crippen LogP) is 3.24. The van der Waals surface area contributed by atoms with E-state index in [1.165, 1.54) is 51.1 Å². The van der Waals surface area contributed by atoms with Crippen molar-refractivity contribution in [2.24, 2.45) is 11.3 Å². The highest BCUT2D eigenvalue weighted by Gasteiger charge is 2.45. The molecule has 20 heavy (non-hydrogen) atoms. The number of benzene rings is 1. The van der Waals surface area contributed by atoms with Crippen LogP contribution in [0.15, 0.2) is 30.3 Å². The fourth-order valence-corrected chi connectivity index (χ4v) is 3.41. The molecule has 110 valence electrons. The summed E-state index contributed by atoms with van der Waals surface area (Å²) in [6.07, 6.45) is 2.75. The lowest BCUT2D eigenvalue weighted by Crippen LogP contribution is -2.32. The standard InChI is InChI=1S/C18H28N2/c1-18(2)13-17(18)15-20-10-6-9-19(11-12-20)14-16-7-4-3-5-8-16/h3-5,7-8,17H,6,9-15H2,1-2H3/t17-/m1/s1. The van der Waals surface area contributed by atoms with E-state index in [-0.39, 0.29) is 0 Å². The van der Waals surface area contributed by atoms with Crippen molar-refractivity contribution in [3.8, 4) is 0 Å². The monoisotopic (exact) mass is 272 g/mol. The number of nitrogens with zero attached hydrogens (tertiary/aromatic N) is 2. The van der Waals surface area contributed by atoms with Crippen LogP contribution in [0, 0.1) is 11.3 Å². The molecule has 1 aliphatic heterocycles. The molecule has 1 aliphatic carbocycles. The maximum atomic E-state index is 2.70. The molecule has 1 aromatic carbocycles. The lowest BCUT2D eigenvalue weighted by atomic mass is 10.1. The quantitative estimate of drug-likeness (QED) is 0.830. The molecular weight excluding hydrogens is 244 g/mol. The van der Waals surface area contributed by atoms with Crippen molar-refractivity contribution in [2.75, 3.05) is 32.7 Å². The molecule has 1 saturated heterocycles. The zero-order chi connectivity index (χ0) is 14.0. The highest BCUT2D eigenvalue weighted by Crippen LogP contribution is 2.51. The maximum Gasteiger partial charge on any atom is 0.0234 e. The van der Waals surface area contributed by atoms with Crippen LogP contribution in [0.3, 0.4) is 0 Å². The summed E-state index contributed by atoms with van der Waals surface area (Å²) in [5, 5.41) is 0. The molecule has 1 heterocycles. The van der Waals surface area contributed by atoms with Crippen molar-refractivity contribution in [2.45, 2.75) is 33.2 Å². The minimum atomic E-state index is 0.621. The van der Waals surface area contributed by atoms with Gasteiger partial charge < -0.3 is 4.90 Å². The molecule has 2 aliphatic rings. The molecule has 0 N–H and O–H groups in total. The van der Waals surface area contributed by atoms with Crippen LogP contribution in [0.1, 0.15) is 32.3 Å². The summed E-state index contributed by atoms with van der Waals surface area (Å²) < 4.78 is 0. The third-order valence-electron chi connectivity index (χ3n) is 5.13. The average Bonchev–Trinajstić information content (AvgIpc) is 3.09. The van der Waals surface area contributed by atoms with Gasteiger partial charge in [0, 0.05) is 26.2 Å². The van der Waals surface area contributed by atoms with Gasteiger partial charge in [-0.05, 0) is 42.8 Å². The Morgan fingerprint density at radius 3 is 2.35 bits per heavy atom. The van der Waals surface area contributed by atoms with Crippen LogP contribution in [0.2, 0.25) is 0 Å². The fraction of sp³-hybridized carbons (Fsp3) is 0.667. The Bertz CT molecular complexity index is 426. The first-order chi connectivity index (χ1) is 9.63. The van der Waals surface area contributed by atoms with E-state index in [2.05, 4.69) is 54.0 Å². The van der Waals surface area contributed by atoms with Crippen LogP contribution in [0.5, 0.6) is 0 Å². The SMILES string of the molecule is CC1(C)C[C@@H]1CN1CCCN(Cc2ccccc2)CC1. The van der Waals surface area contributed by atoms with Crippen molar-refractivity contribution in [3.05, 3.63) is 35.9 Å². The molecule has 0 unspecified atom stereocenters. The minimum Gasteiger partial charge on any atom is -0.302 e. The van der Waals surface area contributed by atoms with E-state index in [1.807, 2.05) is 0 Å². The molecule has 2 heteroatoms. The first-order valence-corrected chi connectivity index (χ1v) is 8.12. The van der Waals surface area contributed by atoms with Gasteiger partial charge in [0.05, 0.1) is 0 Å². The Hall–Kier alpha value is -0.860. The van der Waals surface area contributed by atoms with Gasteiger partial charge in [-0.25, -0.2) is 0 Å². The van der Waals surface area contributed by atoms with Gasteiger partial charge in [-0.15, -0.1) is 0 Å². The molecular formula is C18H28N2. The lowest BCUT2D eigenvalue weighted by molar-refractivity contribution is 0.239. The maximum absolute atomic E-state index is 2.70. The molecule has 0 radical (unpaired) electrons. The topological polar surface area (TPSA) is 6.48 Å². The number of hydrogen-bond acceptors (Lipinski definition) is 2. The summed E-state index contributed by atoms with van der Waals surface area (Å²) in [6, 6.07) is 10.9. The van der Waals surface area contributed by atoms with Crippen LogP contribution in [-0.2, 0) is 6.54 Å². The molecule has 2 fully saturated rings. The zero-order valence-electron chi connectivity index (χ0n) is 13.0. The normalized spacial score (nSPS) is 27.2. The Morgan fingerprint density at radius 1 is 1.00 bits per heavy atom. The smallest absolute Gasteiger partial charge is 0.0234 e. The first kappa shape index (κ1) is 14.1. The fourth-order valence-electron chi connectivity index (χ4n) is 3.41. The molecule has 1 aromatic rings. The predicted molar refractivity (Wildman–Crippen MR) is 84.7 cm³/mol. The molecule has 1 saturated carbocycles. The van der Waals surface area contributed by atoms with Crippen molar-refractivity contribution in [3.63, 3.8) is 0 Å². The number of rotatable bonds is 4. The van der Waals surface area contributed by atoms with Gasteiger partial charge in [-0.1, -0.05) is 44.2 Å². The van der Waals surface area contributed by atoms with Gasteiger partial charge in [0.1, 0.15) is 0 Å². The molecule has 1 atom stereocenters. The average molecular weight is 272 g/mol. The van der Waals surface area contributed by atoms with Crippen LogP contribution in [0.25, 0.3) is 0 Å². The summed E-state index contributed by atoms with van der Waals surface area (Å²) in [4.78, 5) is 5.32. The summed E-state index contributed by atoms with van der Waals surface area (Å²) >= 11 is 0. The molecule has 2 nitrogen and oxygen atoms in total. The van der Waals surface area contributed by atoms with Crippen molar-refractivity contribution >= 4 is 0 Å². The highest BCUT2D eigenvalue weighted by atomic mass is 15.2. The van der Waals surface area contributed by atoms with E-state index in [9.17, 15) is 0 Å². The minimum absolute atomic E-state index is 0.621. The van der Waals surface area contributed by atoms with Crippen LogP contribution in [-0.4, -0.2) is 42.5 Å². The Labute approximate surface area is 123 Å². The summed E-state index contributed by atoms with van der Waals surface area (Å²) in [5.41, 5.74) is 2.07. The van der Waals surface area contributed by atoms with Gasteiger partial charge in [0.25, 0.3) is 0 Å². The molecule has 0 bridgehead atoms. The van der Waals surface area contributed by atoms with Crippen LogP contribution >= 0.6 is 0 Å². The van der Waals surface area contributed by atoms with E-state index in [4.69, 9.17) is 0 Å². The summed E-state index contributed by atoms with van der Waals surface area (Å²) in [7, 11) is 0. The largest absolute Gasteiger partial charge is 0.302 e. The summed E-state index contributed by atoms with van der Waals surface area (Å²) in [6.45, 7) is 12.3. The molecule has 0 spiro atoms. The van der Waals surface area contributed by atoms with Crippen LogP contribution < -0.4 is 0 Å². The van der Waals surface area contributed by atoms with Gasteiger partial charge in [-0.2, -0.15) is 0 Å². The molecule has 0 amide bonds. The zero-order valence-corrected chi connectivity index (χ0v) is 13.0. The van der Waals surface area contributed by atoms with Crippen molar-refractivity contribution < 1.29 is 0 Å².